The number of piperidine rings is 1. The molecular formula is C22H32N6O2. The van der Waals surface area contributed by atoms with Gasteiger partial charge in [-0.25, -0.2) is 14.8 Å². The van der Waals surface area contributed by atoms with E-state index < -0.39 is 0 Å². The zero-order chi connectivity index (χ0) is 20.7. The van der Waals surface area contributed by atoms with Gasteiger partial charge in [0.05, 0.1) is 18.3 Å². The van der Waals surface area contributed by atoms with Crippen LogP contribution in [0.15, 0.2) is 24.3 Å². The summed E-state index contributed by atoms with van der Waals surface area (Å²) >= 11 is 0. The first kappa shape index (κ1) is 19.3. The number of carbonyl (C=O) groups excluding carboxylic acids is 1. The number of aliphatic hydroxyl groups is 1. The van der Waals surface area contributed by atoms with Crippen LogP contribution in [0.5, 0.6) is 0 Å². The van der Waals surface area contributed by atoms with Gasteiger partial charge in [0.15, 0.2) is 5.82 Å². The fourth-order valence-electron chi connectivity index (χ4n) is 4.79. The Morgan fingerprint density at radius 1 is 1.33 bits per heavy atom. The number of fused-ring (bicyclic) bond motifs is 2. The number of hydrogen-bond donors (Lipinski definition) is 4. The molecule has 2 aliphatic heterocycles. The van der Waals surface area contributed by atoms with Crippen LogP contribution in [0, 0.1) is 11.8 Å². The summed E-state index contributed by atoms with van der Waals surface area (Å²) in [6.07, 6.45) is 2.13. The van der Waals surface area contributed by atoms with Gasteiger partial charge in [0, 0.05) is 39.3 Å². The highest BCUT2D eigenvalue weighted by Gasteiger charge is 2.53. The third kappa shape index (κ3) is 3.50. The van der Waals surface area contributed by atoms with Gasteiger partial charge in [0.25, 0.3) is 0 Å². The molecule has 1 saturated carbocycles. The quantitative estimate of drug-likeness (QED) is 0.601. The van der Waals surface area contributed by atoms with E-state index in [1.165, 1.54) is 12.0 Å². The molecule has 0 bridgehead atoms. The molecular weight excluding hydrogens is 380 g/mol. The monoisotopic (exact) mass is 412 g/mol. The predicted octanol–water partition coefficient (Wildman–Crippen LogP) is 2.24. The minimum Gasteiger partial charge on any atom is -0.394 e. The van der Waals surface area contributed by atoms with Crippen molar-refractivity contribution in [3.8, 4) is 11.4 Å². The summed E-state index contributed by atoms with van der Waals surface area (Å²) in [6.45, 7) is 5.27. The molecule has 2 fully saturated rings. The zero-order valence-corrected chi connectivity index (χ0v) is 17.2. The molecule has 1 saturated heterocycles. The summed E-state index contributed by atoms with van der Waals surface area (Å²) in [6, 6.07) is 7.56. The van der Waals surface area contributed by atoms with Gasteiger partial charge in [0.1, 0.15) is 5.82 Å². The Balaban J connectivity index is 0.00000144. The number of carbonyl (C=O) groups is 1. The molecule has 0 spiro atoms. The van der Waals surface area contributed by atoms with Crippen molar-refractivity contribution in [2.75, 3.05) is 36.5 Å². The minimum absolute atomic E-state index is 0. The first-order valence-electron chi connectivity index (χ1n) is 10.8. The number of anilines is 2. The molecule has 2 aromatic rings. The van der Waals surface area contributed by atoms with Crippen molar-refractivity contribution in [3.05, 3.63) is 35.5 Å². The van der Waals surface area contributed by atoms with E-state index in [2.05, 4.69) is 20.9 Å². The van der Waals surface area contributed by atoms with Gasteiger partial charge >= 0.3 is 6.03 Å². The first-order valence-corrected chi connectivity index (χ1v) is 10.8. The number of amides is 2. The summed E-state index contributed by atoms with van der Waals surface area (Å²) in [5, 5.41) is 18.9. The minimum atomic E-state index is -0.216. The molecule has 3 heterocycles. The molecule has 1 aromatic heterocycles. The Morgan fingerprint density at radius 3 is 2.93 bits per heavy atom. The molecule has 2 amide bonds. The molecule has 4 N–H and O–H groups in total. The highest BCUT2D eigenvalue weighted by Crippen LogP contribution is 2.51. The Morgan fingerprint density at radius 2 is 2.17 bits per heavy atom. The van der Waals surface area contributed by atoms with Crippen LogP contribution in [0.1, 0.15) is 27.5 Å². The predicted molar refractivity (Wildman–Crippen MR) is 120 cm³/mol. The van der Waals surface area contributed by atoms with Crippen LogP contribution in [-0.2, 0) is 13.0 Å². The average molecular weight is 413 g/mol. The van der Waals surface area contributed by atoms with Crippen molar-refractivity contribution in [3.63, 3.8) is 0 Å². The zero-order valence-electron chi connectivity index (χ0n) is 17.2. The lowest BCUT2D eigenvalue weighted by atomic mass is 10.0. The first-order chi connectivity index (χ1) is 14.7. The molecule has 1 aliphatic carbocycles. The van der Waals surface area contributed by atoms with Crippen LogP contribution in [0.3, 0.4) is 0 Å². The number of benzene rings is 1. The van der Waals surface area contributed by atoms with Gasteiger partial charge in [-0.2, -0.15) is 0 Å². The lowest BCUT2D eigenvalue weighted by molar-refractivity contribution is 0.252. The van der Waals surface area contributed by atoms with Crippen molar-refractivity contribution >= 4 is 17.5 Å². The van der Waals surface area contributed by atoms with E-state index >= 15 is 0 Å². The fourth-order valence-corrected chi connectivity index (χ4v) is 4.79. The third-order valence-electron chi connectivity index (χ3n) is 6.42. The second kappa shape index (κ2) is 7.85. The maximum Gasteiger partial charge on any atom is 0.319 e. The van der Waals surface area contributed by atoms with E-state index in [4.69, 9.17) is 9.97 Å². The molecule has 3 atom stereocenters. The van der Waals surface area contributed by atoms with Crippen LogP contribution in [0.2, 0.25) is 0 Å². The van der Waals surface area contributed by atoms with E-state index in [0.29, 0.717) is 24.2 Å². The highest BCUT2D eigenvalue weighted by molar-refractivity contribution is 5.89. The van der Waals surface area contributed by atoms with E-state index in [1.807, 2.05) is 31.2 Å². The highest BCUT2D eigenvalue weighted by atomic mass is 16.3. The van der Waals surface area contributed by atoms with Crippen LogP contribution in [-0.4, -0.2) is 53.4 Å². The summed E-state index contributed by atoms with van der Waals surface area (Å²) < 4.78 is 0. The van der Waals surface area contributed by atoms with Crippen molar-refractivity contribution in [1.82, 2.24) is 20.6 Å². The third-order valence-corrected chi connectivity index (χ3v) is 6.42. The van der Waals surface area contributed by atoms with Gasteiger partial charge in [-0.3, -0.25) is 0 Å². The molecule has 30 heavy (non-hydrogen) atoms. The number of nitrogens with zero attached hydrogens (tertiary/aromatic N) is 3. The summed E-state index contributed by atoms with van der Waals surface area (Å²) in [4.78, 5) is 23.9. The molecule has 0 radical (unpaired) electrons. The van der Waals surface area contributed by atoms with Gasteiger partial charge in [0.2, 0.25) is 0 Å². The number of hydrogen-bond acceptors (Lipinski definition) is 6. The smallest absolute Gasteiger partial charge is 0.319 e. The summed E-state index contributed by atoms with van der Waals surface area (Å²) in [7, 11) is 0. The van der Waals surface area contributed by atoms with E-state index in [0.717, 1.165) is 48.8 Å². The normalized spacial score (nSPS) is 24.2. The van der Waals surface area contributed by atoms with Crippen molar-refractivity contribution in [1.29, 1.82) is 0 Å². The van der Waals surface area contributed by atoms with Crippen LogP contribution < -0.4 is 20.9 Å². The number of nitrogens with one attached hydrogen (secondary N) is 3. The van der Waals surface area contributed by atoms with E-state index in [1.54, 1.807) is 0 Å². The molecule has 5 rings (SSSR count). The topological polar surface area (TPSA) is 102 Å². The fraction of sp³-hybridized carbons (Fsp3) is 0.500. The number of aliphatic hydroxyl groups excluding tert-OH is 1. The molecule has 3 aliphatic rings. The summed E-state index contributed by atoms with van der Waals surface area (Å²) in [5.41, 5.74) is 3.90. The number of rotatable bonds is 5. The maximum absolute atomic E-state index is 11.7. The molecule has 3 unspecified atom stereocenters. The second-order valence-electron chi connectivity index (χ2n) is 8.35. The molecule has 8 heteroatoms. The van der Waals surface area contributed by atoms with E-state index in [-0.39, 0.29) is 21.5 Å². The molecule has 8 nitrogen and oxygen atoms in total. The lowest BCUT2D eigenvalue weighted by Gasteiger charge is -2.31. The molecule has 162 valence electrons. The second-order valence-corrected chi connectivity index (χ2v) is 8.35. The number of urea groups is 1. The van der Waals surface area contributed by atoms with Crippen LogP contribution in [0.25, 0.3) is 11.4 Å². The van der Waals surface area contributed by atoms with Crippen molar-refractivity contribution in [2.45, 2.75) is 32.4 Å². The van der Waals surface area contributed by atoms with Gasteiger partial charge in [-0.05, 0) is 62.4 Å². The Hall–Kier alpha value is -2.71. The average Bonchev–Trinajstić information content (AvgIpc) is 3.44. The van der Waals surface area contributed by atoms with E-state index in [9.17, 15) is 9.90 Å². The van der Waals surface area contributed by atoms with Gasteiger partial charge in [-0.1, -0.05) is 0 Å². The van der Waals surface area contributed by atoms with Crippen LogP contribution in [0.4, 0.5) is 16.3 Å². The Labute approximate surface area is 179 Å². The Bertz CT molecular complexity index is 958. The van der Waals surface area contributed by atoms with Crippen molar-refractivity contribution in [2.24, 2.45) is 11.8 Å². The van der Waals surface area contributed by atoms with Gasteiger partial charge in [-0.15, -0.1) is 0 Å². The standard InChI is InChI=1S/C22H28N6O2.2H2/c1-2-24-22(30)25-15-5-3-13(4-6-15)20-26-18-10-23-8-7-16(18)21(27-20)28-11-14-9-17(14)19(28)12-29;;/h3-6,14,17,19,23,29H,2,7-12H2,1H3,(H2,24,25,30);2*1H. The van der Waals surface area contributed by atoms with Crippen molar-refractivity contribution < 1.29 is 12.8 Å². The Kier molecular flexibility index (Phi) is 5.04. The number of aromatic nitrogens is 2. The largest absolute Gasteiger partial charge is 0.394 e. The lowest BCUT2D eigenvalue weighted by Crippen LogP contribution is -2.38. The summed E-state index contributed by atoms with van der Waals surface area (Å²) in [5.74, 6) is 2.98. The SMILES string of the molecule is CCNC(=O)Nc1ccc(-c2nc3c(c(N4CC5CC5C4CO)n2)CCNC3)cc1.[HH].[HH]. The van der Waals surface area contributed by atoms with Gasteiger partial charge < -0.3 is 26.0 Å². The maximum atomic E-state index is 11.7. The van der Waals surface area contributed by atoms with Crippen LogP contribution >= 0.6 is 0 Å². The molecule has 1 aromatic carbocycles.